The molecule has 1 unspecified atom stereocenters. The number of carbonyl (C=O) groups is 2. The molecular weight excluding hydrogens is 394 g/mol. The Kier molecular flexibility index (Phi) is 5.47. The highest BCUT2D eigenvalue weighted by Gasteiger charge is 2.33. The SMILES string of the molecule is CC(C)(C)C(NC(=O)c1ccc(CCc2c[nH]c3nc(N)[nH]c(=O)c23)s1)C(=O)O. The molecule has 154 valence electrons. The maximum Gasteiger partial charge on any atom is 0.326 e. The standard InChI is InChI=1S/C19H23N5O4S/c1-19(2,3)13(17(27)28)22-15(25)11-7-6-10(29-11)5-4-9-8-21-14-12(9)16(26)24-18(20)23-14/h6-8,13H,4-5H2,1-3H3,(H,22,25)(H,27,28)(H4,20,21,23,24,26). The van der Waals surface area contributed by atoms with Crippen molar-refractivity contribution in [2.75, 3.05) is 5.73 Å². The molecule has 1 atom stereocenters. The highest BCUT2D eigenvalue weighted by atomic mass is 32.1. The zero-order chi connectivity index (χ0) is 21.3. The van der Waals surface area contributed by atoms with Gasteiger partial charge in [-0.05, 0) is 36.0 Å². The fourth-order valence-electron chi connectivity index (χ4n) is 3.06. The number of anilines is 1. The molecule has 29 heavy (non-hydrogen) atoms. The van der Waals surface area contributed by atoms with Crippen molar-refractivity contribution in [2.24, 2.45) is 5.41 Å². The molecule has 10 heteroatoms. The number of nitrogens with zero attached hydrogens (tertiary/aromatic N) is 1. The Hall–Kier alpha value is -3.14. The van der Waals surface area contributed by atoms with Gasteiger partial charge in [-0.1, -0.05) is 20.8 Å². The van der Waals surface area contributed by atoms with Gasteiger partial charge in [0, 0.05) is 11.1 Å². The number of fused-ring (bicyclic) bond motifs is 1. The van der Waals surface area contributed by atoms with Crippen molar-refractivity contribution in [2.45, 2.75) is 39.7 Å². The maximum atomic E-state index is 12.5. The van der Waals surface area contributed by atoms with Gasteiger partial charge in [0.1, 0.15) is 11.7 Å². The number of amides is 1. The van der Waals surface area contributed by atoms with E-state index in [4.69, 9.17) is 5.73 Å². The molecule has 0 saturated heterocycles. The normalized spacial score (nSPS) is 12.8. The molecule has 0 bridgehead atoms. The number of hydrogen-bond acceptors (Lipinski definition) is 6. The van der Waals surface area contributed by atoms with Crippen molar-refractivity contribution in [1.29, 1.82) is 0 Å². The molecule has 0 aliphatic rings. The number of nitrogen functional groups attached to an aromatic ring is 1. The smallest absolute Gasteiger partial charge is 0.326 e. The van der Waals surface area contributed by atoms with Crippen molar-refractivity contribution < 1.29 is 14.7 Å². The summed E-state index contributed by atoms with van der Waals surface area (Å²) in [6, 6.07) is 2.53. The lowest BCUT2D eigenvalue weighted by Gasteiger charge is -2.27. The molecule has 3 aromatic heterocycles. The average Bonchev–Trinajstić information content (AvgIpc) is 3.23. The van der Waals surface area contributed by atoms with Crippen LogP contribution in [0, 0.1) is 5.41 Å². The van der Waals surface area contributed by atoms with E-state index in [1.165, 1.54) is 11.3 Å². The van der Waals surface area contributed by atoms with Gasteiger partial charge in [-0.3, -0.25) is 14.6 Å². The molecule has 0 fully saturated rings. The first-order valence-electron chi connectivity index (χ1n) is 9.04. The number of H-pyrrole nitrogens is 2. The highest BCUT2D eigenvalue weighted by Crippen LogP contribution is 2.23. The van der Waals surface area contributed by atoms with Crippen molar-refractivity contribution in [3.8, 4) is 0 Å². The van der Waals surface area contributed by atoms with E-state index >= 15 is 0 Å². The second-order valence-electron chi connectivity index (χ2n) is 7.87. The molecule has 9 nitrogen and oxygen atoms in total. The summed E-state index contributed by atoms with van der Waals surface area (Å²) in [7, 11) is 0. The van der Waals surface area contributed by atoms with Crippen LogP contribution in [0.4, 0.5) is 5.95 Å². The van der Waals surface area contributed by atoms with Crippen LogP contribution >= 0.6 is 11.3 Å². The second-order valence-corrected chi connectivity index (χ2v) is 9.03. The van der Waals surface area contributed by atoms with Gasteiger partial charge in [0.15, 0.2) is 0 Å². The number of thiophene rings is 1. The van der Waals surface area contributed by atoms with Crippen LogP contribution in [0.25, 0.3) is 11.0 Å². The first-order chi connectivity index (χ1) is 13.6. The van der Waals surface area contributed by atoms with Gasteiger partial charge in [0.25, 0.3) is 11.5 Å². The summed E-state index contributed by atoms with van der Waals surface area (Å²) < 4.78 is 0. The molecule has 0 spiro atoms. The van der Waals surface area contributed by atoms with Crippen molar-refractivity contribution in [1.82, 2.24) is 20.3 Å². The molecule has 0 aromatic carbocycles. The minimum Gasteiger partial charge on any atom is -0.480 e. The second kappa shape index (κ2) is 7.70. The fraction of sp³-hybridized carbons (Fsp3) is 0.368. The number of carboxylic acids is 1. The molecule has 1 amide bonds. The Bertz CT molecular complexity index is 1120. The minimum atomic E-state index is -1.07. The first-order valence-corrected chi connectivity index (χ1v) is 9.86. The lowest BCUT2D eigenvalue weighted by molar-refractivity contribution is -0.142. The van der Waals surface area contributed by atoms with E-state index in [9.17, 15) is 19.5 Å². The quantitative estimate of drug-likeness (QED) is 0.413. The number of nitrogens with two attached hydrogens (primary N) is 1. The van der Waals surface area contributed by atoms with E-state index in [1.54, 1.807) is 33.0 Å². The summed E-state index contributed by atoms with van der Waals surface area (Å²) in [5.74, 6) is -1.42. The summed E-state index contributed by atoms with van der Waals surface area (Å²) in [5.41, 5.74) is 5.90. The van der Waals surface area contributed by atoms with Crippen LogP contribution < -0.4 is 16.6 Å². The number of aromatic nitrogens is 3. The average molecular weight is 417 g/mol. The van der Waals surface area contributed by atoms with E-state index in [0.717, 1.165) is 10.4 Å². The Morgan fingerprint density at radius 3 is 2.69 bits per heavy atom. The Morgan fingerprint density at radius 1 is 1.31 bits per heavy atom. The number of aryl methyl sites for hydroxylation is 2. The maximum absolute atomic E-state index is 12.5. The molecule has 3 heterocycles. The van der Waals surface area contributed by atoms with E-state index in [0.29, 0.717) is 28.8 Å². The van der Waals surface area contributed by atoms with Gasteiger partial charge in [-0.2, -0.15) is 4.98 Å². The van der Waals surface area contributed by atoms with Crippen molar-refractivity contribution in [3.05, 3.63) is 44.0 Å². The van der Waals surface area contributed by atoms with Gasteiger partial charge in [0.05, 0.1) is 10.3 Å². The number of carboxylic acid groups (broad SMARTS) is 1. The Balaban J connectivity index is 1.70. The topological polar surface area (TPSA) is 154 Å². The van der Waals surface area contributed by atoms with Crippen molar-refractivity contribution in [3.63, 3.8) is 0 Å². The van der Waals surface area contributed by atoms with Gasteiger partial charge in [-0.15, -0.1) is 11.3 Å². The monoisotopic (exact) mass is 417 g/mol. The van der Waals surface area contributed by atoms with Gasteiger partial charge < -0.3 is 21.1 Å². The molecule has 3 aromatic rings. The fourth-order valence-corrected chi connectivity index (χ4v) is 3.97. The predicted octanol–water partition coefficient (Wildman–Crippen LogP) is 1.91. The first kappa shape index (κ1) is 20.6. The third-order valence-corrected chi connectivity index (χ3v) is 5.70. The number of carbonyl (C=O) groups excluding carboxylic acids is 1. The lowest BCUT2D eigenvalue weighted by atomic mass is 9.87. The Labute approximate surface area is 170 Å². The highest BCUT2D eigenvalue weighted by molar-refractivity contribution is 7.14. The van der Waals surface area contributed by atoms with Gasteiger partial charge >= 0.3 is 5.97 Å². The summed E-state index contributed by atoms with van der Waals surface area (Å²) in [4.78, 5) is 47.0. The van der Waals surface area contributed by atoms with Crippen LogP contribution in [-0.4, -0.2) is 38.0 Å². The van der Waals surface area contributed by atoms with Gasteiger partial charge in [0.2, 0.25) is 5.95 Å². The number of aromatic amines is 2. The zero-order valence-electron chi connectivity index (χ0n) is 16.3. The van der Waals surface area contributed by atoms with Gasteiger partial charge in [-0.25, -0.2) is 4.79 Å². The molecule has 0 saturated carbocycles. The predicted molar refractivity (Wildman–Crippen MR) is 111 cm³/mol. The molecule has 0 radical (unpaired) electrons. The lowest BCUT2D eigenvalue weighted by Crippen LogP contribution is -2.48. The summed E-state index contributed by atoms with van der Waals surface area (Å²) in [5, 5.41) is 12.4. The molecule has 6 N–H and O–H groups in total. The summed E-state index contributed by atoms with van der Waals surface area (Å²) >= 11 is 1.30. The zero-order valence-corrected chi connectivity index (χ0v) is 17.1. The van der Waals surface area contributed by atoms with Crippen molar-refractivity contribution >= 4 is 40.2 Å². The third-order valence-electron chi connectivity index (χ3n) is 4.56. The number of hydrogen-bond donors (Lipinski definition) is 5. The summed E-state index contributed by atoms with van der Waals surface area (Å²) in [6.07, 6.45) is 2.93. The number of aliphatic carboxylic acids is 1. The van der Waals surface area contributed by atoms with Crippen LogP contribution in [-0.2, 0) is 17.6 Å². The molecule has 0 aliphatic carbocycles. The van der Waals surface area contributed by atoms with E-state index < -0.39 is 23.3 Å². The van der Waals surface area contributed by atoms with Crippen LogP contribution in [0.3, 0.4) is 0 Å². The number of rotatable bonds is 6. The molecule has 0 aliphatic heterocycles. The Morgan fingerprint density at radius 2 is 2.03 bits per heavy atom. The molecular formula is C19H23N5O4S. The van der Waals surface area contributed by atoms with E-state index in [2.05, 4.69) is 20.3 Å². The summed E-state index contributed by atoms with van der Waals surface area (Å²) in [6.45, 7) is 5.28. The van der Waals surface area contributed by atoms with E-state index in [-0.39, 0.29) is 11.5 Å². The minimum absolute atomic E-state index is 0.0553. The van der Waals surface area contributed by atoms with Crippen LogP contribution in [0.15, 0.2) is 23.1 Å². The van der Waals surface area contributed by atoms with E-state index in [1.807, 2.05) is 6.07 Å². The molecule has 3 rings (SSSR count). The third kappa shape index (κ3) is 4.48. The largest absolute Gasteiger partial charge is 0.480 e. The number of nitrogens with one attached hydrogen (secondary N) is 3. The van der Waals surface area contributed by atoms with Crippen LogP contribution in [0.1, 0.15) is 40.9 Å². The van der Waals surface area contributed by atoms with Crippen LogP contribution in [0.2, 0.25) is 0 Å². The van der Waals surface area contributed by atoms with Crippen LogP contribution in [0.5, 0.6) is 0 Å².